The van der Waals surface area contributed by atoms with Crippen molar-refractivity contribution in [1.29, 1.82) is 0 Å². The zero-order chi connectivity index (χ0) is 13.6. The molecule has 0 amide bonds. The van der Waals surface area contributed by atoms with Crippen LogP contribution in [0.15, 0.2) is 0 Å². The summed E-state index contributed by atoms with van der Waals surface area (Å²) < 4.78 is 5.20. The molecular weight excluding hydrogens is 232 g/mol. The predicted octanol–water partition coefficient (Wildman–Crippen LogP) is -0.228. The lowest BCUT2D eigenvalue weighted by atomic mass is 10.1. The van der Waals surface area contributed by atoms with E-state index in [4.69, 9.17) is 4.74 Å². The average Bonchev–Trinajstić information content (AvgIpc) is 2.27. The van der Waals surface area contributed by atoms with Gasteiger partial charge in [0.05, 0.1) is 18.3 Å². The molecule has 1 rings (SSSR count). The lowest BCUT2D eigenvalue weighted by Crippen LogP contribution is -2.52. The molecule has 5 heteroatoms. The first-order chi connectivity index (χ1) is 8.40. The van der Waals surface area contributed by atoms with Gasteiger partial charge in [-0.2, -0.15) is 0 Å². The van der Waals surface area contributed by atoms with Crippen molar-refractivity contribution < 1.29 is 14.9 Å². The summed E-state index contributed by atoms with van der Waals surface area (Å²) in [7, 11) is 0. The standard InChI is InChI=1S/C13H28N2O3/c1-4-18-10-12(16)9-14-5-7-15(8-6-14)11-13(2,3)17/h12,16-17H,4-11H2,1-3H3. The fraction of sp³-hybridized carbons (Fsp3) is 1.00. The Morgan fingerprint density at radius 3 is 2.22 bits per heavy atom. The maximum absolute atomic E-state index is 9.77. The van der Waals surface area contributed by atoms with Crippen LogP contribution >= 0.6 is 0 Å². The Hall–Kier alpha value is -0.200. The van der Waals surface area contributed by atoms with Gasteiger partial charge in [-0.3, -0.25) is 9.80 Å². The van der Waals surface area contributed by atoms with E-state index in [1.165, 1.54) is 0 Å². The Balaban J connectivity index is 2.19. The Morgan fingerprint density at radius 1 is 1.17 bits per heavy atom. The van der Waals surface area contributed by atoms with E-state index >= 15 is 0 Å². The molecule has 1 unspecified atom stereocenters. The van der Waals surface area contributed by atoms with Gasteiger partial charge in [0.25, 0.3) is 0 Å². The molecule has 108 valence electrons. The van der Waals surface area contributed by atoms with Crippen LogP contribution in [-0.2, 0) is 4.74 Å². The highest BCUT2D eigenvalue weighted by atomic mass is 16.5. The second-order valence-corrected chi connectivity index (χ2v) is 5.70. The van der Waals surface area contributed by atoms with Crippen molar-refractivity contribution in [2.24, 2.45) is 0 Å². The van der Waals surface area contributed by atoms with Gasteiger partial charge in [-0.1, -0.05) is 0 Å². The second-order valence-electron chi connectivity index (χ2n) is 5.70. The van der Waals surface area contributed by atoms with Gasteiger partial charge in [-0.05, 0) is 20.8 Å². The van der Waals surface area contributed by atoms with Gasteiger partial charge >= 0.3 is 0 Å². The summed E-state index contributed by atoms with van der Waals surface area (Å²) in [6, 6.07) is 0. The number of rotatable bonds is 7. The van der Waals surface area contributed by atoms with E-state index in [9.17, 15) is 10.2 Å². The first kappa shape index (κ1) is 15.9. The molecule has 0 saturated carbocycles. The smallest absolute Gasteiger partial charge is 0.0900 e. The van der Waals surface area contributed by atoms with E-state index in [-0.39, 0.29) is 0 Å². The molecule has 0 spiro atoms. The first-order valence-electron chi connectivity index (χ1n) is 6.83. The van der Waals surface area contributed by atoms with Crippen LogP contribution in [0.25, 0.3) is 0 Å². The van der Waals surface area contributed by atoms with Crippen molar-refractivity contribution in [2.45, 2.75) is 32.5 Å². The monoisotopic (exact) mass is 260 g/mol. The molecule has 1 atom stereocenters. The summed E-state index contributed by atoms with van der Waals surface area (Å²) in [5.41, 5.74) is -0.628. The molecular formula is C13H28N2O3. The minimum Gasteiger partial charge on any atom is -0.389 e. The van der Waals surface area contributed by atoms with E-state index in [2.05, 4.69) is 9.80 Å². The highest BCUT2D eigenvalue weighted by molar-refractivity contribution is 4.78. The molecule has 1 aliphatic rings. The second kappa shape index (κ2) is 7.40. The van der Waals surface area contributed by atoms with Crippen LogP contribution in [0.1, 0.15) is 20.8 Å². The summed E-state index contributed by atoms with van der Waals surface area (Å²) in [6.07, 6.45) is -0.397. The van der Waals surface area contributed by atoms with E-state index in [1.54, 1.807) is 0 Å². The number of nitrogens with zero attached hydrogens (tertiary/aromatic N) is 2. The van der Waals surface area contributed by atoms with Gasteiger partial charge in [0.1, 0.15) is 0 Å². The zero-order valence-electron chi connectivity index (χ0n) is 11.9. The molecule has 1 fully saturated rings. The van der Waals surface area contributed by atoms with Gasteiger partial charge in [-0.15, -0.1) is 0 Å². The van der Waals surface area contributed by atoms with Crippen molar-refractivity contribution in [3.8, 4) is 0 Å². The van der Waals surface area contributed by atoms with Crippen molar-refractivity contribution in [2.75, 3.05) is 52.5 Å². The number of ether oxygens (including phenoxy) is 1. The van der Waals surface area contributed by atoms with Gasteiger partial charge in [0.15, 0.2) is 0 Å². The van der Waals surface area contributed by atoms with Crippen LogP contribution in [0, 0.1) is 0 Å². The molecule has 0 aromatic heterocycles. The van der Waals surface area contributed by atoms with Crippen molar-refractivity contribution in [3.63, 3.8) is 0 Å². The quantitative estimate of drug-likeness (QED) is 0.662. The Kier molecular flexibility index (Phi) is 6.52. The molecule has 0 bridgehead atoms. The van der Waals surface area contributed by atoms with Crippen LogP contribution in [0.3, 0.4) is 0 Å². The van der Waals surface area contributed by atoms with Crippen molar-refractivity contribution >= 4 is 0 Å². The van der Waals surface area contributed by atoms with Crippen molar-refractivity contribution in [1.82, 2.24) is 9.80 Å². The largest absolute Gasteiger partial charge is 0.389 e. The predicted molar refractivity (Wildman–Crippen MR) is 71.7 cm³/mol. The van der Waals surface area contributed by atoms with Crippen molar-refractivity contribution in [3.05, 3.63) is 0 Å². The third kappa shape index (κ3) is 6.66. The summed E-state index contributed by atoms with van der Waals surface area (Å²) in [5, 5.41) is 19.5. The Labute approximate surface area is 110 Å². The minimum atomic E-state index is -0.628. The summed E-state index contributed by atoms with van der Waals surface area (Å²) in [6.45, 7) is 11.9. The maximum Gasteiger partial charge on any atom is 0.0900 e. The molecule has 0 aromatic rings. The summed E-state index contributed by atoms with van der Waals surface area (Å²) in [4.78, 5) is 4.52. The highest BCUT2D eigenvalue weighted by Crippen LogP contribution is 2.09. The van der Waals surface area contributed by atoms with Crippen LogP contribution in [0.2, 0.25) is 0 Å². The fourth-order valence-electron chi connectivity index (χ4n) is 2.28. The number of hydrogen-bond acceptors (Lipinski definition) is 5. The maximum atomic E-state index is 9.77. The Bertz CT molecular complexity index is 223. The fourth-order valence-corrected chi connectivity index (χ4v) is 2.28. The lowest BCUT2D eigenvalue weighted by Gasteiger charge is -2.37. The Morgan fingerprint density at radius 2 is 1.72 bits per heavy atom. The number of hydrogen-bond donors (Lipinski definition) is 2. The van der Waals surface area contributed by atoms with Crippen LogP contribution in [0.4, 0.5) is 0 Å². The average molecular weight is 260 g/mol. The first-order valence-corrected chi connectivity index (χ1v) is 6.83. The molecule has 18 heavy (non-hydrogen) atoms. The summed E-state index contributed by atoms with van der Waals surface area (Å²) >= 11 is 0. The van der Waals surface area contributed by atoms with Crippen LogP contribution in [0.5, 0.6) is 0 Å². The number of β-amino-alcohol motifs (C(OH)–C–C–N with tert-alkyl or cyclic N) is 2. The molecule has 0 aliphatic carbocycles. The van der Waals surface area contributed by atoms with E-state index in [1.807, 2.05) is 20.8 Å². The van der Waals surface area contributed by atoms with E-state index in [0.717, 1.165) is 26.2 Å². The zero-order valence-corrected chi connectivity index (χ0v) is 11.9. The number of piperazine rings is 1. The van der Waals surface area contributed by atoms with Gasteiger partial charge < -0.3 is 14.9 Å². The van der Waals surface area contributed by atoms with Crippen LogP contribution in [-0.4, -0.2) is 84.2 Å². The molecule has 5 nitrogen and oxygen atoms in total. The highest BCUT2D eigenvalue weighted by Gasteiger charge is 2.23. The van der Waals surface area contributed by atoms with E-state index in [0.29, 0.717) is 26.3 Å². The molecule has 1 saturated heterocycles. The molecule has 2 N–H and O–H groups in total. The molecule has 1 heterocycles. The number of aliphatic hydroxyl groups is 2. The van der Waals surface area contributed by atoms with Gasteiger partial charge in [-0.25, -0.2) is 0 Å². The summed E-state index contributed by atoms with van der Waals surface area (Å²) in [5.74, 6) is 0. The third-order valence-corrected chi connectivity index (χ3v) is 3.06. The minimum absolute atomic E-state index is 0.397. The SMILES string of the molecule is CCOCC(O)CN1CCN(CC(C)(C)O)CC1. The van der Waals surface area contributed by atoms with E-state index < -0.39 is 11.7 Å². The molecule has 0 radical (unpaired) electrons. The lowest BCUT2D eigenvalue weighted by molar-refractivity contribution is -0.00598. The third-order valence-electron chi connectivity index (χ3n) is 3.06. The van der Waals surface area contributed by atoms with Gasteiger partial charge in [0.2, 0.25) is 0 Å². The normalized spacial score (nSPS) is 21.2. The molecule has 1 aliphatic heterocycles. The van der Waals surface area contributed by atoms with Crippen LogP contribution < -0.4 is 0 Å². The topological polar surface area (TPSA) is 56.2 Å². The molecule has 0 aromatic carbocycles. The van der Waals surface area contributed by atoms with Gasteiger partial charge in [0, 0.05) is 45.9 Å². The number of aliphatic hydroxyl groups excluding tert-OH is 1.